The molecule has 9 heteroatoms. The number of imide groups is 2. The van der Waals surface area contributed by atoms with Crippen molar-refractivity contribution >= 4 is 35.3 Å². The molecule has 140 valence electrons. The van der Waals surface area contributed by atoms with Crippen LogP contribution in [0.1, 0.15) is 40.0 Å². The van der Waals surface area contributed by atoms with Crippen LogP contribution in [0.2, 0.25) is 0 Å². The number of carbonyl (C=O) groups is 5. The first-order valence-electron chi connectivity index (χ1n) is 8.70. The molecule has 2 N–H and O–H groups in total. The van der Waals surface area contributed by atoms with E-state index in [9.17, 15) is 24.0 Å². The summed E-state index contributed by atoms with van der Waals surface area (Å²) in [5.41, 5.74) is 1.08. The van der Waals surface area contributed by atoms with Crippen molar-refractivity contribution in [3.8, 4) is 0 Å². The molecule has 2 atom stereocenters. The third-order valence-electron chi connectivity index (χ3n) is 5.33. The molecule has 0 spiro atoms. The molecule has 2 fully saturated rings. The van der Waals surface area contributed by atoms with Gasteiger partial charge in [0.25, 0.3) is 11.8 Å². The number of amides is 4. The van der Waals surface area contributed by atoms with Crippen LogP contribution >= 0.6 is 0 Å². The molecule has 1 aromatic carbocycles. The predicted octanol–water partition coefficient (Wildman–Crippen LogP) is -0.00130. The number of piperidine rings is 1. The van der Waals surface area contributed by atoms with E-state index in [0.717, 1.165) is 4.90 Å². The molecule has 1 aromatic rings. The number of carboxylic acids is 1. The van der Waals surface area contributed by atoms with Crippen LogP contribution in [0.4, 0.5) is 5.69 Å². The normalized spacial score (nSPS) is 25.0. The first-order valence-corrected chi connectivity index (χ1v) is 8.70. The minimum absolute atomic E-state index is 0.0689. The smallest absolute Gasteiger partial charge is 0.308 e. The maximum atomic E-state index is 12.8. The van der Waals surface area contributed by atoms with Crippen molar-refractivity contribution in [1.29, 1.82) is 0 Å². The molecule has 0 bridgehead atoms. The zero-order valence-electron chi connectivity index (χ0n) is 14.3. The van der Waals surface area contributed by atoms with Gasteiger partial charge in [-0.3, -0.25) is 34.2 Å². The molecule has 27 heavy (non-hydrogen) atoms. The maximum absolute atomic E-state index is 12.8. The highest BCUT2D eigenvalue weighted by Gasteiger charge is 2.44. The molecule has 4 amide bonds. The van der Waals surface area contributed by atoms with E-state index >= 15 is 0 Å². The molecular formula is C18H17N3O6. The fourth-order valence-electron chi connectivity index (χ4n) is 3.85. The third kappa shape index (κ3) is 2.75. The zero-order valence-corrected chi connectivity index (χ0v) is 14.3. The molecule has 3 aliphatic heterocycles. The molecule has 0 radical (unpaired) electrons. The number of fused-ring (bicyclic) bond motifs is 1. The number of carbonyl (C=O) groups excluding carboxylic acids is 4. The van der Waals surface area contributed by atoms with Crippen molar-refractivity contribution in [1.82, 2.24) is 10.2 Å². The average molecular weight is 371 g/mol. The number of carboxylic acid groups (broad SMARTS) is 1. The first kappa shape index (κ1) is 17.2. The summed E-state index contributed by atoms with van der Waals surface area (Å²) >= 11 is 0. The Hall–Kier alpha value is -3.23. The second kappa shape index (κ2) is 6.19. The minimum atomic E-state index is -0.998. The van der Waals surface area contributed by atoms with E-state index in [1.54, 1.807) is 12.1 Å². The SMILES string of the molecule is O=C1CCC(N2C(=O)c3ccc(N4CC[C@@H](C(=O)O)C4)cc3C2=O)C(=O)N1. The summed E-state index contributed by atoms with van der Waals surface area (Å²) < 4.78 is 0. The van der Waals surface area contributed by atoms with Gasteiger partial charge in [0.1, 0.15) is 6.04 Å². The van der Waals surface area contributed by atoms with Gasteiger partial charge >= 0.3 is 5.97 Å². The molecule has 4 rings (SSSR count). The average Bonchev–Trinajstić information content (AvgIpc) is 3.21. The van der Waals surface area contributed by atoms with E-state index in [1.807, 2.05) is 4.90 Å². The molecule has 1 unspecified atom stereocenters. The van der Waals surface area contributed by atoms with Crippen LogP contribution in [0, 0.1) is 5.92 Å². The number of benzene rings is 1. The molecular weight excluding hydrogens is 354 g/mol. The van der Waals surface area contributed by atoms with Crippen LogP contribution in [0.25, 0.3) is 0 Å². The van der Waals surface area contributed by atoms with Gasteiger partial charge in [-0.05, 0) is 31.0 Å². The Kier molecular flexibility index (Phi) is 3.94. The van der Waals surface area contributed by atoms with E-state index in [-0.39, 0.29) is 24.0 Å². The van der Waals surface area contributed by atoms with Gasteiger partial charge in [-0.15, -0.1) is 0 Å². The number of nitrogens with one attached hydrogen (secondary N) is 1. The van der Waals surface area contributed by atoms with E-state index < -0.39 is 41.6 Å². The van der Waals surface area contributed by atoms with Crippen LogP contribution in [0.15, 0.2) is 18.2 Å². The Balaban J connectivity index is 1.60. The summed E-state index contributed by atoms with van der Waals surface area (Å²) in [6, 6.07) is 3.79. The van der Waals surface area contributed by atoms with Crippen LogP contribution in [0.3, 0.4) is 0 Å². The second-order valence-electron chi connectivity index (χ2n) is 6.95. The Morgan fingerprint density at radius 1 is 1.07 bits per heavy atom. The molecule has 0 aromatic heterocycles. The van der Waals surface area contributed by atoms with E-state index in [0.29, 0.717) is 25.2 Å². The summed E-state index contributed by atoms with van der Waals surface area (Å²) in [5, 5.41) is 11.3. The Morgan fingerprint density at radius 3 is 2.48 bits per heavy atom. The zero-order chi connectivity index (χ0) is 19.3. The standard InChI is InChI=1S/C18H17N3O6/c22-14-4-3-13(15(23)19-14)21-16(24)11-2-1-10(7-12(11)17(21)25)20-6-5-9(8-20)18(26)27/h1-2,7,9,13H,3-6,8H2,(H,26,27)(H,19,22,23)/t9-,13?/m1/s1. The number of hydrogen-bond donors (Lipinski definition) is 2. The van der Waals surface area contributed by atoms with Crippen LogP contribution < -0.4 is 10.2 Å². The quantitative estimate of drug-likeness (QED) is 0.717. The van der Waals surface area contributed by atoms with Crippen molar-refractivity contribution in [2.45, 2.75) is 25.3 Å². The monoisotopic (exact) mass is 371 g/mol. The summed E-state index contributed by atoms with van der Waals surface area (Å²) in [6.07, 6.45) is 0.691. The lowest BCUT2D eigenvalue weighted by molar-refractivity contribution is -0.141. The molecule has 3 aliphatic rings. The molecule has 2 saturated heterocycles. The lowest BCUT2D eigenvalue weighted by Crippen LogP contribution is -2.54. The van der Waals surface area contributed by atoms with Crippen molar-refractivity contribution in [3.63, 3.8) is 0 Å². The van der Waals surface area contributed by atoms with Gasteiger partial charge in [0, 0.05) is 25.2 Å². The highest BCUT2D eigenvalue weighted by Crippen LogP contribution is 2.32. The van der Waals surface area contributed by atoms with Crippen LogP contribution in [-0.4, -0.2) is 58.7 Å². The second-order valence-corrected chi connectivity index (χ2v) is 6.95. The fraction of sp³-hybridized carbons (Fsp3) is 0.389. The van der Waals surface area contributed by atoms with Gasteiger partial charge < -0.3 is 10.0 Å². The molecule has 3 heterocycles. The lowest BCUT2D eigenvalue weighted by atomic mass is 10.0. The summed E-state index contributed by atoms with van der Waals surface area (Å²) in [5.74, 6) is -3.51. The van der Waals surface area contributed by atoms with E-state index in [2.05, 4.69) is 5.32 Å². The highest BCUT2D eigenvalue weighted by atomic mass is 16.4. The molecule has 0 saturated carbocycles. The summed E-state index contributed by atoms with van der Waals surface area (Å²) in [6.45, 7) is 0.891. The van der Waals surface area contributed by atoms with Crippen molar-refractivity contribution in [3.05, 3.63) is 29.3 Å². The minimum Gasteiger partial charge on any atom is -0.481 e. The Bertz CT molecular complexity index is 895. The summed E-state index contributed by atoms with van der Waals surface area (Å²) in [4.78, 5) is 62.8. The van der Waals surface area contributed by atoms with Crippen molar-refractivity contribution in [2.24, 2.45) is 5.92 Å². The largest absolute Gasteiger partial charge is 0.481 e. The lowest BCUT2D eigenvalue weighted by Gasteiger charge is -2.27. The third-order valence-corrected chi connectivity index (χ3v) is 5.33. The van der Waals surface area contributed by atoms with Crippen LogP contribution in [-0.2, 0) is 14.4 Å². The van der Waals surface area contributed by atoms with Gasteiger partial charge in [-0.1, -0.05) is 0 Å². The Labute approximate surface area is 153 Å². The molecule has 0 aliphatic carbocycles. The van der Waals surface area contributed by atoms with E-state index in [1.165, 1.54) is 6.07 Å². The van der Waals surface area contributed by atoms with Gasteiger partial charge in [0.15, 0.2) is 0 Å². The highest BCUT2D eigenvalue weighted by molar-refractivity contribution is 6.23. The predicted molar refractivity (Wildman–Crippen MR) is 91.1 cm³/mol. The summed E-state index contributed by atoms with van der Waals surface area (Å²) in [7, 11) is 0. The number of nitrogens with zero attached hydrogens (tertiary/aromatic N) is 2. The van der Waals surface area contributed by atoms with Crippen molar-refractivity contribution in [2.75, 3.05) is 18.0 Å². The Morgan fingerprint density at radius 2 is 1.81 bits per heavy atom. The topological polar surface area (TPSA) is 124 Å². The van der Waals surface area contributed by atoms with Gasteiger partial charge in [0.05, 0.1) is 17.0 Å². The van der Waals surface area contributed by atoms with Gasteiger partial charge in [-0.25, -0.2) is 0 Å². The van der Waals surface area contributed by atoms with Crippen LogP contribution in [0.5, 0.6) is 0 Å². The fourth-order valence-corrected chi connectivity index (χ4v) is 3.85. The van der Waals surface area contributed by atoms with Crippen molar-refractivity contribution < 1.29 is 29.1 Å². The number of anilines is 1. The van der Waals surface area contributed by atoms with Gasteiger partial charge in [0.2, 0.25) is 11.8 Å². The van der Waals surface area contributed by atoms with Gasteiger partial charge in [-0.2, -0.15) is 0 Å². The number of hydrogen-bond acceptors (Lipinski definition) is 6. The number of aliphatic carboxylic acids is 1. The van der Waals surface area contributed by atoms with E-state index in [4.69, 9.17) is 5.11 Å². The first-order chi connectivity index (χ1) is 12.9. The maximum Gasteiger partial charge on any atom is 0.308 e. The number of rotatable bonds is 3. The molecule has 9 nitrogen and oxygen atoms in total.